The Morgan fingerprint density at radius 2 is 1.97 bits per heavy atom. The summed E-state index contributed by atoms with van der Waals surface area (Å²) in [6, 6.07) is 13.3. The van der Waals surface area contributed by atoms with Gasteiger partial charge in [0.25, 0.3) is 0 Å². The van der Waals surface area contributed by atoms with E-state index in [1.807, 2.05) is 48.9 Å². The Bertz CT molecular complexity index is 1290. The van der Waals surface area contributed by atoms with Gasteiger partial charge in [-0.25, -0.2) is 4.98 Å². The molecule has 1 atom stereocenters. The molecule has 1 amide bonds. The quantitative estimate of drug-likeness (QED) is 0.499. The van der Waals surface area contributed by atoms with Crippen molar-refractivity contribution in [2.45, 2.75) is 19.3 Å². The summed E-state index contributed by atoms with van der Waals surface area (Å²) in [7, 11) is 1.94. The number of fused-ring (bicyclic) bond motifs is 2. The molecule has 4 aromatic rings. The van der Waals surface area contributed by atoms with Crippen LogP contribution >= 0.6 is 23.2 Å². The zero-order valence-electron chi connectivity index (χ0n) is 15.8. The highest BCUT2D eigenvalue weighted by molar-refractivity contribution is 6.35. The lowest BCUT2D eigenvalue weighted by Gasteiger charge is -2.25. The SMILES string of the molecule is Cc1nn(-c2nc3ccccc3n2C)c2c1[C@H](c1ccc(Cl)cc1Cl)CC(=O)N2. The second-order valence-electron chi connectivity index (χ2n) is 7.19. The molecular formula is C21H17Cl2N5O. The van der Waals surface area contributed by atoms with E-state index < -0.39 is 0 Å². The van der Waals surface area contributed by atoms with Crippen LogP contribution < -0.4 is 5.32 Å². The van der Waals surface area contributed by atoms with Gasteiger partial charge >= 0.3 is 0 Å². The molecule has 8 heteroatoms. The van der Waals surface area contributed by atoms with Gasteiger partial charge in [-0.15, -0.1) is 0 Å². The molecule has 0 aliphatic carbocycles. The van der Waals surface area contributed by atoms with Crippen LogP contribution in [-0.4, -0.2) is 25.2 Å². The molecule has 0 fully saturated rings. The first-order valence-electron chi connectivity index (χ1n) is 9.20. The molecule has 29 heavy (non-hydrogen) atoms. The molecule has 0 spiro atoms. The highest BCUT2D eigenvalue weighted by Crippen LogP contribution is 2.42. The summed E-state index contributed by atoms with van der Waals surface area (Å²) in [5.74, 6) is 0.979. The summed E-state index contributed by atoms with van der Waals surface area (Å²) in [6.45, 7) is 1.94. The van der Waals surface area contributed by atoms with Crippen LogP contribution in [-0.2, 0) is 11.8 Å². The highest BCUT2D eigenvalue weighted by atomic mass is 35.5. The summed E-state index contributed by atoms with van der Waals surface area (Å²) in [5.41, 5.74) is 4.49. The van der Waals surface area contributed by atoms with Crippen molar-refractivity contribution in [3.8, 4) is 5.95 Å². The van der Waals surface area contributed by atoms with Gasteiger partial charge in [-0.1, -0.05) is 41.4 Å². The standard InChI is InChI=1S/C21H17Cl2N5O/c1-11-19-14(13-8-7-12(22)9-15(13)23)10-18(29)25-20(19)28(26-11)21-24-16-5-3-4-6-17(16)27(21)2/h3-9,14H,10H2,1-2H3,(H,25,29)/t14-/m0/s1. The maximum Gasteiger partial charge on any atom is 0.233 e. The summed E-state index contributed by atoms with van der Waals surface area (Å²) in [5, 5.41) is 8.82. The molecule has 5 rings (SSSR count). The number of rotatable bonds is 2. The van der Waals surface area contributed by atoms with E-state index in [0.717, 1.165) is 27.9 Å². The van der Waals surface area contributed by atoms with Gasteiger partial charge in [0.05, 0.1) is 16.7 Å². The highest BCUT2D eigenvalue weighted by Gasteiger charge is 2.34. The van der Waals surface area contributed by atoms with Gasteiger partial charge in [0, 0.05) is 35.0 Å². The van der Waals surface area contributed by atoms with Crippen LogP contribution in [0.4, 0.5) is 5.82 Å². The molecule has 0 saturated heterocycles. The minimum Gasteiger partial charge on any atom is -0.311 e. The monoisotopic (exact) mass is 425 g/mol. The molecule has 2 aromatic heterocycles. The van der Waals surface area contributed by atoms with Crippen LogP contribution in [0.25, 0.3) is 17.0 Å². The fourth-order valence-corrected chi connectivity index (χ4v) is 4.60. The second-order valence-corrected chi connectivity index (χ2v) is 8.03. The number of nitrogens with one attached hydrogen (secondary N) is 1. The topological polar surface area (TPSA) is 64.7 Å². The first-order chi connectivity index (χ1) is 13.9. The third-order valence-corrected chi connectivity index (χ3v) is 5.96. The number of carbonyl (C=O) groups excluding carboxylic acids is 1. The minimum absolute atomic E-state index is 0.0894. The maximum atomic E-state index is 12.6. The Morgan fingerprint density at radius 1 is 1.17 bits per heavy atom. The number of para-hydroxylation sites is 2. The summed E-state index contributed by atoms with van der Waals surface area (Å²) in [6.07, 6.45) is 0.295. The molecule has 1 N–H and O–H groups in total. The molecule has 0 unspecified atom stereocenters. The van der Waals surface area contributed by atoms with E-state index in [0.29, 0.717) is 28.2 Å². The average molecular weight is 426 g/mol. The molecule has 0 radical (unpaired) electrons. The number of anilines is 1. The number of aromatic nitrogens is 4. The van der Waals surface area contributed by atoms with Crippen LogP contribution in [0.2, 0.25) is 10.0 Å². The van der Waals surface area contributed by atoms with E-state index in [1.165, 1.54) is 0 Å². The fourth-order valence-electron chi connectivity index (χ4n) is 4.06. The fraction of sp³-hybridized carbons (Fsp3) is 0.190. The Balaban J connectivity index is 1.72. The Morgan fingerprint density at radius 3 is 2.72 bits per heavy atom. The van der Waals surface area contributed by atoms with Gasteiger partial charge in [-0.2, -0.15) is 9.78 Å². The molecule has 0 bridgehead atoms. The summed E-state index contributed by atoms with van der Waals surface area (Å²) < 4.78 is 3.67. The van der Waals surface area contributed by atoms with E-state index >= 15 is 0 Å². The number of aryl methyl sites for hydroxylation is 2. The van der Waals surface area contributed by atoms with Gasteiger partial charge in [-0.05, 0) is 36.8 Å². The lowest BCUT2D eigenvalue weighted by Crippen LogP contribution is -2.25. The summed E-state index contributed by atoms with van der Waals surface area (Å²) in [4.78, 5) is 17.3. The predicted molar refractivity (Wildman–Crippen MR) is 114 cm³/mol. The Hall–Kier alpha value is -2.83. The van der Waals surface area contributed by atoms with Crippen LogP contribution in [0.5, 0.6) is 0 Å². The van der Waals surface area contributed by atoms with Crippen LogP contribution in [0.1, 0.15) is 29.2 Å². The Kier molecular flexibility index (Phi) is 4.15. The third-order valence-electron chi connectivity index (χ3n) is 5.39. The van der Waals surface area contributed by atoms with Gasteiger partial charge in [0.2, 0.25) is 11.9 Å². The van der Waals surface area contributed by atoms with E-state index in [4.69, 9.17) is 33.3 Å². The van der Waals surface area contributed by atoms with Crippen molar-refractivity contribution < 1.29 is 4.79 Å². The van der Waals surface area contributed by atoms with Crippen molar-refractivity contribution in [3.05, 3.63) is 69.3 Å². The maximum absolute atomic E-state index is 12.6. The lowest BCUT2D eigenvalue weighted by atomic mass is 9.86. The number of carbonyl (C=O) groups is 1. The van der Waals surface area contributed by atoms with Crippen LogP contribution in [0.15, 0.2) is 42.5 Å². The largest absolute Gasteiger partial charge is 0.311 e. The van der Waals surface area contributed by atoms with Crippen molar-refractivity contribution in [2.75, 3.05) is 5.32 Å². The Labute approximate surface area is 177 Å². The number of nitrogens with zero attached hydrogens (tertiary/aromatic N) is 4. The number of benzene rings is 2. The zero-order valence-corrected chi connectivity index (χ0v) is 17.3. The van der Waals surface area contributed by atoms with E-state index in [1.54, 1.807) is 16.8 Å². The summed E-state index contributed by atoms with van der Waals surface area (Å²) >= 11 is 12.5. The lowest BCUT2D eigenvalue weighted by molar-refractivity contribution is -0.116. The zero-order chi connectivity index (χ0) is 20.3. The van der Waals surface area contributed by atoms with E-state index in [9.17, 15) is 4.79 Å². The van der Waals surface area contributed by atoms with Crippen LogP contribution in [0, 0.1) is 6.92 Å². The van der Waals surface area contributed by atoms with E-state index in [-0.39, 0.29) is 11.8 Å². The number of hydrogen-bond acceptors (Lipinski definition) is 3. The molecule has 1 aliphatic rings. The number of hydrogen-bond donors (Lipinski definition) is 1. The van der Waals surface area contributed by atoms with Gasteiger partial charge in [0.15, 0.2) is 0 Å². The van der Waals surface area contributed by atoms with Crippen molar-refractivity contribution in [2.24, 2.45) is 7.05 Å². The smallest absolute Gasteiger partial charge is 0.233 e. The van der Waals surface area contributed by atoms with Crippen molar-refractivity contribution in [1.29, 1.82) is 0 Å². The number of imidazole rings is 1. The molecule has 3 heterocycles. The first-order valence-corrected chi connectivity index (χ1v) is 9.96. The molecular weight excluding hydrogens is 409 g/mol. The number of halogens is 2. The van der Waals surface area contributed by atoms with Crippen molar-refractivity contribution in [3.63, 3.8) is 0 Å². The van der Waals surface area contributed by atoms with Crippen LogP contribution in [0.3, 0.4) is 0 Å². The minimum atomic E-state index is -0.202. The second kappa shape index (κ2) is 6.61. The number of amides is 1. The predicted octanol–water partition coefficient (Wildman–Crippen LogP) is 4.85. The normalized spacial score (nSPS) is 16.1. The van der Waals surface area contributed by atoms with Crippen molar-refractivity contribution >= 4 is 46.0 Å². The van der Waals surface area contributed by atoms with Gasteiger partial charge in [-0.3, -0.25) is 4.79 Å². The molecule has 1 aliphatic heterocycles. The van der Waals surface area contributed by atoms with Gasteiger partial charge in [0.1, 0.15) is 5.82 Å². The molecule has 6 nitrogen and oxygen atoms in total. The molecule has 2 aromatic carbocycles. The van der Waals surface area contributed by atoms with Crippen molar-refractivity contribution in [1.82, 2.24) is 19.3 Å². The first kappa shape index (κ1) is 18.2. The van der Waals surface area contributed by atoms with E-state index in [2.05, 4.69) is 5.32 Å². The molecule has 146 valence electrons. The van der Waals surface area contributed by atoms with Gasteiger partial charge < -0.3 is 9.88 Å². The third kappa shape index (κ3) is 2.82. The average Bonchev–Trinajstić information content (AvgIpc) is 3.19. The molecule has 0 saturated carbocycles.